The summed E-state index contributed by atoms with van der Waals surface area (Å²) in [4.78, 5) is -1.30. The molecule has 16 rings (SSSR count). The van der Waals surface area contributed by atoms with Gasteiger partial charge in [0.05, 0.1) is 98.4 Å². The van der Waals surface area contributed by atoms with Crippen molar-refractivity contribution in [3.05, 3.63) is 247 Å². The van der Waals surface area contributed by atoms with Crippen LogP contribution < -0.4 is 18.9 Å². The first-order chi connectivity index (χ1) is 61.5. The molecule has 690 valence electrons. The van der Waals surface area contributed by atoms with Crippen LogP contribution in [0.5, 0.6) is 23.0 Å². The first-order valence-corrected chi connectivity index (χ1v) is 48.8. The zero-order chi connectivity index (χ0) is 95.4. The molecule has 0 amide bonds. The van der Waals surface area contributed by atoms with E-state index in [2.05, 4.69) is 6.92 Å². The molecule has 0 N–H and O–H groups in total. The SMILES string of the molecule is CCCC[C@@H]1OCC[C@@]2(Cc3ccc(Cl)cc3)c3c(F)ccc(F)c3OC[C@@H]12.CS(=O)(=O)CC[C@@H]1OCC[C@@]2(S(=O)(=O)c3ccc(C(F)(F)F)cc3)c3c(F)ccc(F)c3OC[C@@H]12.[2H]C(CCC)[C@@H]1OCC[C@@]2(Cc3ccc(Cl)cc3)c3c(F)ccc(F)c3OC[C@@H]12.[2H]C1([2H])Oc2c(F)ccc(F)c2[C@]2(S(=O)(=O)c3ccc(C(F)(F)F)cc3)CCO[C@@]([2H])(CCS(=O)(=O)CC)[C@H]12. The van der Waals surface area contributed by atoms with Gasteiger partial charge in [0.25, 0.3) is 0 Å². The van der Waals surface area contributed by atoms with Gasteiger partial charge in [-0.1, -0.05) is 93.9 Å². The van der Waals surface area contributed by atoms with Crippen molar-refractivity contribution >= 4 is 62.6 Å². The average Bonchev–Trinajstić information content (AvgIpc) is 0.672. The Labute approximate surface area is 743 Å². The van der Waals surface area contributed by atoms with Crippen LogP contribution in [0.2, 0.25) is 10.0 Å². The molecular weight excluding hydrogens is 1810 g/mol. The van der Waals surface area contributed by atoms with Crippen LogP contribution in [-0.4, -0.2) is 134 Å². The second-order valence-corrected chi connectivity index (χ2v) is 42.6. The highest BCUT2D eigenvalue weighted by Crippen LogP contribution is 2.60. The third-order valence-electron chi connectivity index (χ3n) is 25.2. The van der Waals surface area contributed by atoms with Crippen LogP contribution in [0.3, 0.4) is 0 Å². The summed E-state index contributed by atoms with van der Waals surface area (Å²) < 4.78 is 378. The molecule has 8 heterocycles. The minimum absolute atomic E-state index is 0.00730. The molecule has 4 saturated heterocycles. The molecule has 127 heavy (non-hydrogen) atoms. The van der Waals surface area contributed by atoms with Gasteiger partial charge in [0.15, 0.2) is 65.9 Å². The van der Waals surface area contributed by atoms with Crippen molar-refractivity contribution < 1.29 is 139 Å². The Hall–Kier alpha value is -7.80. The molecule has 8 aromatic carbocycles. The highest BCUT2D eigenvalue weighted by Gasteiger charge is 2.64. The van der Waals surface area contributed by atoms with Crippen LogP contribution in [-0.2, 0) is 104 Å². The number of hydrogen-bond donors (Lipinski definition) is 0. The van der Waals surface area contributed by atoms with Crippen molar-refractivity contribution in [1.82, 2.24) is 0 Å². The Bertz CT molecular complexity index is 5990. The topological polar surface area (TPSA) is 210 Å². The Morgan fingerprint density at radius 2 is 0.780 bits per heavy atom. The van der Waals surface area contributed by atoms with E-state index < -0.39 is 231 Å². The van der Waals surface area contributed by atoms with E-state index in [1.165, 1.54) is 19.1 Å². The molecule has 1 unspecified atom stereocenters. The van der Waals surface area contributed by atoms with Gasteiger partial charge in [0.1, 0.15) is 52.4 Å². The number of rotatable bonds is 21. The van der Waals surface area contributed by atoms with Gasteiger partial charge in [-0.05, 0) is 197 Å². The fourth-order valence-electron chi connectivity index (χ4n) is 19.0. The number of ether oxygens (including phenoxy) is 8. The lowest BCUT2D eigenvalue weighted by atomic mass is 9.60. The molecule has 8 aliphatic rings. The number of benzene rings is 8. The Kier molecular flexibility index (Phi) is 27.7. The maximum Gasteiger partial charge on any atom is 0.416 e. The average molecular weight is 1910 g/mol. The van der Waals surface area contributed by atoms with Crippen LogP contribution >= 0.6 is 23.2 Å². The first-order valence-electron chi connectivity index (χ1n) is 43.2. The summed E-state index contributed by atoms with van der Waals surface area (Å²) in [6.45, 7) is 2.47. The van der Waals surface area contributed by atoms with Crippen LogP contribution in [0.15, 0.2) is 155 Å². The number of unbranched alkanes of at least 4 members (excludes halogenated alkanes) is 1. The van der Waals surface area contributed by atoms with Crippen molar-refractivity contribution in [2.45, 2.75) is 177 Å². The van der Waals surface area contributed by atoms with Crippen molar-refractivity contribution in [2.24, 2.45) is 23.7 Å². The van der Waals surface area contributed by atoms with E-state index in [0.29, 0.717) is 122 Å². The smallest absolute Gasteiger partial charge is 0.416 e. The van der Waals surface area contributed by atoms with Gasteiger partial charge in [0, 0.05) is 95.5 Å². The van der Waals surface area contributed by atoms with Gasteiger partial charge in [-0.25, -0.2) is 68.8 Å². The molecule has 13 atom stereocenters. The molecule has 16 nitrogen and oxygen atoms in total. The summed E-state index contributed by atoms with van der Waals surface area (Å²) in [6.07, 6.45) is -8.13. The molecule has 0 aromatic heterocycles. The fraction of sp³-hybridized carbons (Fsp3) is 0.473. The van der Waals surface area contributed by atoms with Gasteiger partial charge < -0.3 is 37.9 Å². The van der Waals surface area contributed by atoms with Crippen LogP contribution in [0.4, 0.5) is 61.5 Å². The van der Waals surface area contributed by atoms with E-state index in [0.717, 1.165) is 79.5 Å². The van der Waals surface area contributed by atoms with E-state index in [1.54, 1.807) is 0 Å². The van der Waals surface area contributed by atoms with Crippen LogP contribution in [0, 0.1) is 70.2 Å². The number of hydrogen-bond acceptors (Lipinski definition) is 16. The molecule has 0 saturated carbocycles. The monoisotopic (exact) mass is 1910 g/mol. The van der Waals surface area contributed by atoms with Gasteiger partial charge in [-0.3, -0.25) is 0 Å². The summed E-state index contributed by atoms with van der Waals surface area (Å²) in [5.41, 5.74) is -2.30. The zero-order valence-electron chi connectivity index (χ0n) is 73.0. The van der Waals surface area contributed by atoms with Crippen LogP contribution in [0.1, 0.15) is 148 Å². The summed E-state index contributed by atoms with van der Waals surface area (Å²) in [7, 11) is -17.1. The maximum absolute atomic E-state index is 15.5. The summed E-state index contributed by atoms with van der Waals surface area (Å²) in [5, 5.41) is 1.29. The first kappa shape index (κ1) is 91.1. The molecule has 0 aliphatic carbocycles. The summed E-state index contributed by atoms with van der Waals surface area (Å²) in [5.74, 6) is -13.3. The summed E-state index contributed by atoms with van der Waals surface area (Å²) in [6, 6.07) is 27.4. The minimum Gasteiger partial charge on any atom is -0.490 e. The molecule has 0 spiro atoms. The van der Waals surface area contributed by atoms with Gasteiger partial charge in [-0.15, -0.1) is 0 Å². The normalized spacial score (nSPS) is 27.1. The molecule has 8 aliphatic heterocycles. The fourth-order valence-corrected chi connectivity index (χ4v) is 25.2. The second-order valence-electron chi connectivity index (χ2n) is 32.6. The third-order valence-corrected chi connectivity index (χ3v) is 33.4. The lowest BCUT2D eigenvalue weighted by Gasteiger charge is -2.51. The molecule has 0 bridgehead atoms. The predicted molar refractivity (Wildman–Crippen MR) is 445 cm³/mol. The van der Waals surface area contributed by atoms with Crippen molar-refractivity contribution in [2.75, 3.05) is 76.3 Å². The van der Waals surface area contributed by atoms with Crippen molar-refractivity contribution in [1.29, 1.82) is 0 Å². The van der Waals surface area contributed by atoms with Crippen molar-refractivity contribution in [3.8, 4) is 23.0 Å². The van der Waals surface area contributed by atoms with Crippen molar-refractivity contribution in [3.63, 3.8) is 0 Å². The molecule has 36 heteroatoms. The van der Waals surface area contributed by atoms with Crippen LogP contribution in [0.25, 0.3) is 0 Å². The predicted octanol–water partition coefficient (Wildman–Crippen LogP) is 20.3. The highest BCUT2D eigenvalue weighted by molar-refractivity contribution is 7.93. The molecule has 4 fully saturated rings. The Morgan fingerprint density at radius 1 is 0.417 bits per heavy atom. The van der Waals surface area contributed by atoms with Gasteiger partial charge >= 0.3 is 12.4 Å². The molecular formula is C91H94Cl2F14O16S4. The second kappa shape index (κ2) is 38.6. The van der Waals surface area contributed by atoms with E-state index in [9.17, 15) is 77.6 Å². The quantitative estimate of drug-likeness (QED) is 0.0612. The van der Waals surface area contributed by atoms with E-state index in [1.807, 2.05) is 55.5 Å². The Balaban J connectivity index is 0.000000150. The number of fused-ring (bicyclic) bond motifs is 12. The third kappa shape index (κ3) is 19.3. The maximum atomic E-state index is 15.5. The van der Waals surface area contributed by atoms with E-state index in [4.69, 9.17) is 66.6 Å². The lowest BCUT2D eigenvalue weighted by molar-refractivity contribution is -0.138. The number of halogens is 16. The molecule has 8 aromatic rings. The zero-order valence-corrected chi connectivity index (χ0v) is 73.7. The van der Waals surface area contributed by atoms with Gasteiger partial charge in [0.2, 0.25) is 0 Å². The number of alkyl halides is 6. The van der Waals surface area contributed by atoms with Gasteiger partial charge in [-0.2, -0.15) is 26.3 Å². The van der Waals surface area contributed by atoms with E-state index in [-0.39, 0.29) is 73.1 Å². The summed E-state index contributed by atoms with van der Waals surface area (Å²) >= 11 is 12.1. The lowest BCUT2D eigenvalue weighted by Crippen LogP contribution is -2.57. The Morgan fingerprint density at radius 3 is 1.20 bits per heavy atom. The molecule has 0 radical (unpaired) electrons. The number of sulfone groups is 4. The van der Waals surface area contributed by atoms with E-state index >= 15 is 17.6 Å². The largest absolute Gasteiger partial charge is 0.490 e. The minimum atomic E-state index is -5.14. The standard InChI is InChI=1S/2C23H25ClF2O2.C23H23F5O6S2.C22H21F5O6S2/c2*1-2-3-4-20-17-14-28-22-19(26)10-9-18(25)21(22)23(17,11-12-27-20)13-15-5-7-16(24)8-6-15;1-2-35(29,30)12-9-19-16-13-34-21-18(25)8-7-17(24)20(21)22(16,10-11-33-19)36(31,32)15-5-3-14(4-6-15)23(26,27)28;1-34(28,29)11-8-18-15-12-33-20-17(24)7-6-16(23)19(20)21(15,9-10-32-18)35(30,31)14-4-2-13(3-5-14)22(25,26)27/h2*5-10,17,20H,2-4,11-14H2,1H3;3-8,16,19H,2,9-13H2,1H3;2-7,15,18H,8-12H2,1H3/t2*17-,20-,23-;16-,19-,22-;15-,18-,21-/m0000/s1/i4D;;13D2,19D;/t4?,17-,20-,23-;;m;. The highest BCUT2D eigenvalue weighted by atomic mass is 35.5.